The lowest BCUT2D eigenvalue weighted by atomic mass is 10.1. The molecule has 0 aliphatic carbocycles. The van der Waals surface area contributed by atoms with Gasteiger partial charge in [0, 0.05) is 12.6 Å². The summed E-state index contributed by atoms with van der Waals surface area (Å²) in [6.07, 6.45) is 12.9. The molecule has 0 spiro atoms. The number of carbonyl (C=O) groups excluding carboxylic acids is 2. The van der Waals surface area contributed by atoms with E-state index in [1.165, 1.54) is 50.8 Å². The Morgan fingerprint density at radius 2 is 1.74 bits per heavy atom. The molecule has 0 atom stereocenters. The van der Waals surface area contributed by atoms with Crippen LogP contribution in [0, 0.1) is 0 Å². The smallest absolute Gasteiger partial charge is 0.285 e. The van der Waals surface area contributed by atoms with Crippen molar-refractivity contribution in [1.29, 1.82) is 0 Å². The van der Waals surface area contributed by atoms with Gasteiger partial charge in [0.2, 0.25) is 6.54 Å². The number of carbonyl (C=O) groups is 2. The Bertz CT molecular complexity index is 489. The Balaban J connectivity index is 2.11. The number of aromatic nitrogens is 1. The monoisotopic (exact) mass is 320 g/mol. The number of carboxylic acids is 1. The van der Waals surface area contributed by atoms with Gasteiger partial charge in [-0.3, -0.25) is 4.79 Å². The largest absolute Gasteiger partial charge is 0.545 e. The molecule has 0 saturated carbocycles. The Kier molecular flexibility index (Phi) is 9.68. The van der Waals surface area contributed by atoms with Crippen LogP contribution in [0.1, 0.15) is 68.6 Å². The van der Waals surface area contributed by atoms with Crippen molar-refractivity contribution >= 4 is 11.9 Å². The highest BCUT2D eigenvalue weighted by Crippen LogP contribution is 2.07. The highest BCUT2D eigenvalue weighted by Gasteiger charge is 2.09. The summed E-state index contributed by atoms with van der Waals surface area (Å²) in [7, 11) is 0. The van der Waals surface area contributed by atoms with Gasteiger partial charge >= 0.3 is 0 Å². The van der Waals surface area contributed by atoms with Gasteiger partial charge in [-0.05, 0) is 12.5 Å². The van der Waals surface area contributed by atoms with E-state index in [1.807, 2.05) is 0 Å². The second kappa shape index (κ2) is 11.6. The lowest BCUT2D eigenvalue weighted by Gasteiger charge is -2.04. The van der Waals surface area contributed by atoms with Gasteiger partial charge in [0.05, 0.1) is 11.5 Å². The van der Waals surface area contributed by atoms with E-state index in [0.29, 0.717) is 6.54 Å². The minimum Gasteiger partial charge on any atom is -0.545 e. The minimum absolute atomic E-state index is 0.0726. The van der Waals surface area contributed by atoms with E-state index in [-0.39, 0.29) is 18.0 Å². The normalized spacial score (nSPS) is 10.5. The summed E-state index contributed by atoms with van der Waals surface area (Å²) >= 11 is 0. The highest BCUT2D eigenvalue weighted by atomic mass is 16.4. The summed E-state index contributed by atoms with van der Waals surface area (Å²) in [4.78, 5) is 22.6. The van der Waals surface area contributed by atoms with Crippen LogP contribution in [0.25, 0.3) is 0 Å². The summed E-state index contributed by atoms with van der Waals surface area (Å²) in [5, 5.41) is 13.6. The van der Waals surface area contributed by atoms with E-state index < -0.39 is 5.97 Å². The summed E-state index contributed by atoms with van der Waals surface area (Å²) in [6, 6.07) is 3.04. The molecule has 1 rings (SSSR count). The van der Waals surface area contributed by atoms with E-state index in [9.17, 15) is 14.7 Å². The minimum atomic E-state index is -1.24. The maximum Gasteiger partial charge on any atom is 0.285 e. The molecular weight excluding hydrogens is 292 g/mol. The number of unbranched alkanes of at least 4 members (excludes halogenated alkanes) is 7. The van der Waals surface area contributed by atoms with Crippen molar-refractivity contribution in [2.24, 2.45) is 0 Å². The number of hydrogen-bond acceptors (Lipinski definition) is 3. The maximum absolute atomic E-state index is 11.8. The number of nitrogens with one attached hydrogen (secondary N) is 1. The summed E-state index contributed by atoms with van der Waals surface area (Å²) in [5.41, 5.74) is 0.0726. The van der Waals surface area contributed by atoms with Crippen molar-refractivity contribution < 1.29 is 19.3 Å². The predicted octanol–water partition coefficient (Wildman–Crippen LogP) is 1.59. The number of carboxylic acid groups (broad SMARTS) is 1. The van der Waals surface area contributed by atoms with Gasteiger partial charge in [0.25, 0.3) is 5.91 Å². The van der Waals surface area contributed by atoms with Crippen molar-refractivity contribution in [1.82, 2.24) is 5.32 Å². The third-order valence-corrected chi connectivity index (χ3v) is 3.77. The molecule has 0 aliphatic rings. The average molecular weight is 320 g/mol. The molecule has 0 radical (unpaired) electrons. The molecule has 1 amide bonds. The Morgan fingerprint density at radius 1 is 1.09 bits per heavy atom. The second-order valence-corrected chi connectivity index (χ2v) is 5.88. The summed E-state index contributed by atoms with van der Waals surface area (Å²) in [5.74, 6) is -1.34. The number of pyridine rings is 1. The molecule has 0 saturated heterocycles. The van der Waals surface area contributed by atoms with Gasteiger partial charge in [0.15, 0.2) is 12.4 Å². The summed E-state index contributed by atoms with van der Waals surface area (Å²) in [6.45, 7) is 3.02. The molecule has 0 aromatic carbocycles. The molecule has 5 heteroatoms. The fourth-order valence-electron chi connectivity index (χ4n) is 2.45. The van der Waals surface area contributed by atoms with Gasteiger partial charge in [-0.15, -0.1) is 0 Å². The fourth-order valence-corrected chi connectivity index (χ4v) is 2.45. The van der Waals surface area contributed by atoms with Crippen molar-refractivity contribution in [2.75, 3.05) is 6.54 Å². The standard InChI is InChI=1S/C18H28N2O3/c1-2-3-4-5-6-7-8-9-12-19-17(21)15-20-13-10-11-16(14-20)18(22)23/h10-11,13-14H,2-9,12,15H2,1H3,(H-,19,21,22,23). The molecule has 0 unspecified atom stereocenters. The molecule has 0 aliphatic heterocycles. The Labute approximate surface area is 138 Å². The second-order valence-electron chi connectivity index (χ2n) is 5.88. The number of rotatable bonds is 12. The zero-order valence-electron chi connectivity index (χ0n) is 14.1. The predicted molar refractivity (Wildman–Crippen MR) is 86.6 cm³/mol. The van der Waals surface area contributed by atoms with Gasteiger partial charge in [0.1, 0.15) is 0 Å². The van der Waals surface area contributed by atoms with E-state index >= 15 is 0 Å². The maximum atomic E-state index is 11.8. The van der Waals surface area contributed by atoms with Crippen LogP contribution in [0.4, 0.5) is 0 Å². The van der Waals surface area contributed by atoms with E-state index in [4.69, 9.17) is 0 Å². The van der Waals surface area contributed by atoms with Crippen LogP contribution in [-0.4, -0.2) is 18.4 Å². The van der Waals surface area contributed by atoms with Crippen LogP contribution in [0.5, 0.6) is 0 Å². The highest BCUT2D eigenvalue weighted by molar-refractivity contribution is 5.84. The molecule has 1 aromatic rings. The van der Waals surface area contributed by atoms with Gasteiger partial charge in [-0.25, -0.2) is 0 Å². The molecule has 0 bridgehead atoms. The van der Waals surface area contributed by atoms with Crippen LogP contribution < -0.4 is 15.0 Å². The zero-order chi connectivity index (χ0) is 16.9. The lowest BCUT2D eigenvalue weighted by molar-refractivity contribution is -0.684. The SMILES string of the molecule is CCCCCCCCCCNC(=O)C[n+]1cccc(C(=O)[O-])c1. The van der Waals surface area contributed by atoms with Gasteiger partial charge in [-0.1, -0.05) is 51.9 Å². The third-order valence-electron chi connectivity index (χ3n) is 3.77. The molecule has 5 nitrogen and oxygen atoms in total. The van der Waals surface area contributed by atoms with Gasteiger partial charge in [-0.2, -0.15) is 4.57 Å². The molecular formula is C18H28N2O3. The molecule has 23 heavy (non-hydrogen) atoms. The number of nitrogens with zero attached hydrogens (tertiary/aromatic N) is 1. The summed E-state index contributed by atoms with van der Waals surface area (Å²) < 4.78 is 1.55. The Morgan fingerprint density at radius 3 is 2.39 bits per heavy atom. The molecule has 1 aromatic heterocycles. The third kappa shape index (κ3) is 8.96. The molecule has 0 fully saturated rings. The van der Waals surface area contributed by atoms with Crippen molar-refractivity contribution in [3.05, 3.63) is 30.1 Å². The van der Waals surface area contributed by atoms with Crippen LogP contribution in [0.2, 0.25) is 0 Å². The van der Waals surface area contributed by atoms with Crippen LogP contribution in [0.3, 0.4) is 0 Å². The number of aromatic carboxylic acids is 1. The molecule has 1 N–H and O–H groups in total. The van der Waals surface area contributed by atoms with E-state index in [0.717, 1.165) is 12.8 Å². The van der Waals surface area contributed by atoms with E-state index in [1.54, 1.807) is 16.8 Å². The topological polar surface area (TPSA) is 73.1 Å². The first-order chi connectivity index (χ1) is 11.1. The van der Waals surface area contributed by atoms with Crippen molar-refractivity contribution in [2.45, 2.75) is 64.8 Å². The number of amides is 1. The van der Waals surface area contributed by atoms with Crippen molar-refractivity contribution in [3.63, 3.8) is 0 Å². The van der Waals surface area contributed by atoms with E-state index in [2.05, 4.69) is 12.2 Å². The van der Waals surface area contributed by atoms with Crippen LogP contribution in [0.15, 0.2) is 24.5 Å². The molecule has 128 valence electrons. The fraction of sp³-hybridized carbons (Fsp3) is 0.611. The Hall–Kier alpha value is -1.91. The quantitative estimate of drug-likeness (QED) is 0.469. The lowest BCUT2D eigenvalue weighted by Crippen LogP contribution is -2.43. The van der Waals surface area contributed by atoms with Gasteiger partial charge < -0.3 is 15.2 Å². The average Bonchev–Trinajstić information content (AvgIpc) is 2.53. The first-order valence-electron chi connectivity index (χ1n) is 8.60. The van der Waals surface area contributed by atoms with Crippen LogP contribution >= 0.6 is 0 Å². The van der Waals surface area contributed by atoms with Crippen LogP contribution in [-0.2, 0) is 11.3 Å². The number of hydrogen-bond donors (Lipinski definition) is 1. The zero-order valence-corrected chi connectivity index (χ0v) is 14.1. The first-order valence-corrected chi connectivity index (χ1v) is 8.60. The van der Waals surface area contributed by atoms with Crippen molar-refractivity contribution in [3.8, 4) is 0 Å². The molecule has 1 heterocycles. The first kappa shape index (κ1) is 19.1.